The summed E-state index contributed by atoms with van der Waals surface area (Å²) in [4.78, 5) is 23.6. The molecule has 2 aromatic rings. The number of hydrogen-bond donors (Lipinski definition) is 3. The first-order valence-corrected chi connectivity index (χ1v) is 7.65. The molecule has 122 valence electrons. The molecule has 0 radical (unpaired) electrons. The number of aromatic amines is 1. The SMILES string of the molecule is CNC(=O)c1cccc(CCNC(=O)c2cc(C(C)C)[nH]n2)c1. The van der Waals surface area contributed by atoms with Gasteiger partial charge in [0.1, 0.15) is 5.69 Å². The molecule has 0 aliphatic heterocycles. The molecule has 2 rings (SSSR count). The van der Waals surface area contributed by atoms with E-state index < -0.39 is 0 Å². The second kappa shape index (κ2) is 7.58. The number of carbonyl (C=O) groups is 2. The van der Waals surface area contributed by atoms with Crippen molar-refractivity contribution in [1.82, 2.24) is 20.8 Å². The van der Waals surface area contributed by atoms with Crippen molar-refractivity contribution in [3.8, 4) is 0 Å². The summed E-state index contributed by atoms with van der Waals surface area (Å²) in [6.45, 7) is 4.56. The Bertz CT molecular complexity index is 691. The molecule has 0 bridgehead atoms. The van der Waals surface area contributed by atoms with Gasteiger partial charge in [-0.05, 0) is 36.1 Å². The monoisotopic (exact) mass is 314 g/mol. The maximum absolute atomic E-state index is 12.0. The summed E-state index contributed by atoms with van der Waals surface area (Å²) in [6.07, 6.45) is 0.651. The van der Waals surface area contributed by atoms with E-state index in [0.717, 1.165) is 11.3 Å². The molecule has 6 heteroatoms. The van der Waals surface area contributed by atoms with E-state index in [1.54, 1.807) is 19.2 Å². The molecule has 1 heterocycles. The van der Waals surface area contributed by atoms with Crippen molar-refractivity contribution >= 4 is 11.8 Å². The predicted molar refractivity (Wildman–Crippen MR) is 88.5 cm³/mol. The number of aromatic nitrogens is 2. The number of H-pyrrole nitrogens is 1. The molecular formula is C17H22N4O2. The molecule has 6 nitrogen and oxygen atoms in total. The topological polar surface area (TPSA) is 86.9 Å². The zero-order valence-electron chi connectivity index (χ0n) is 13.6. The van der Waals surface area contributed by atoms with Crippen molar-refractivity contribution in [2.45, 2.75) is 26.2 Å². The summed E-state index contributed by atoms with van der Waals surface area (Å²) >= 11 is 0. The highest BCUT2D eigenvalue weighted by Gasteiger charge is 2.11. The van der Waals surface area contributed by atoms with Gasteiger partial charge in [0.05, 0.1) is 0 Å². The van der Waals surface area contributed by atoms with Gasteiger partial charge >= 0.3 is 0 Å². The Morgan fingerprint density at radius 3 is 2.65 bits per heavy atom. The van der Waals surface area contributed by atoms with Gasteiger partial charge in [-0.25, -0.2) is 0 Å². The normalized spacial score (nSPS) is 10.6. The lowest BCUT2D eigenvalue weighted by molar-refractivity contribution is 0.0944. The summed E-state index contributed by atoms with van der Waals surface area (Å²) in [5, 5.41) is 12.3. The van der Waals surface area contributed by atoms with Crippen LogP contribution in [0.15, 0.2) is 30.3 Å². The molecule has 1 aromatic carbocycles. The lowest BCUT2D eigenvalue weighted by Crippen LogP contribution is -2.26. The van der Waals surface area contributed by atoms with E-state index in [2.05, 4.69) is 20.8 Å². The van der Waals surface area contributed by atoms with E-state index >= 15 is 0 Å². The van der Waals surface area contributed by atoms with Crippen LogP contribution < -0.4 is 10.6 Å². The summed E-state index contributed by atoms with van der Waals surface area (Å²) in [5.74, 6) is -0.0132. The lowest BCUT2D eigenvalue weighted by atomic mass is 10.1. The van der Waals surface area contributed by atoms with E-state index in [-0.39, 0.29) is 11.8 Å². The molecular weight excluding hydrogens is 292 g/mol. The molecule has 23 heavy (non-hydrogen) atoms. The van der Waals surface area contributed by atoms with E-state index in [0.29, 0.717) is 30.1 Å². The van der Waals surface area contributed by atoms with Gasteiger partial charge in [0.15, 0.2) is 0 Å². The first-order chi connectivity index (χ1) is 11.0. The number of rotatable bonds is 6. The van der Waals surface area contributed by atoms with Crippen molar-refractivity contribution in [2.24, 2.45) is 0 Å². The van der Waals surface area contributed by atoms with Gasteiger partial charge in [0.2, 0.25) is 0 Å². The lowest BCUT2D eigenvalue weighted by Gasteiger charge is -2.06. The Morgan fingerprint density at radius 2 is 2.00 bits per heavy atom. The summed E-state index contributed by atoms with van der Waals surface area (Å²) in [7, 11) is 1.60. The predicted octanol–water partition coefficient (Wildman–Crippen LogP) is 1.87. The van der Waals surface area contributed by atoms with Crippen LogP contribution in [0.4, 0.5) is 0 Å². The molecule has 2 amide bonds. The van der Waals surface area contributed by atoms with Crippen molar-refractivity contribution < 1.29 is 9.59 Å². The largest absolute Gasteiger partial charge is 0.355 e. The fourth-order valence-corrected chi connectivity index (χ4v) is 2.17. The van der Waals surface area contributed by atoms with Crippen LogP contribution in [0.25, 0.3) is 0 Å². The maximum atomic E-state index is 12.0. The van der Waals surface area contributed by atoms with E-state index in [1.165, 1.54) is 0 Å². The van der Waals surface area contributed by atoms with Gasteiger partial charge in [0.25, 0.3) is 11.8 Å². The quantitative estimate of drug-likeness (QED) is 0.760. The summed E-state index contributed by atoms with van der Waals surface area (Å²) < 4.78 is 0. The fraction of sp³-hybridized carbons (Fsp3) is 0.353. The Morgan fingerprint density at radius 1 is 1.22 bits per heavy atom. The van der Waals surface area contributed by atoms with Crippen LogP contribution in [0, 0.1) is 0 Å². The van der Waals surface area contributed by atoms with Crippen molar-refractivity contribution in [2.75, 3.05) is 13.6 Å². The van der Waals surface area contributed by atoms with Crippen LogP contribution in [0.2, 0.25) is 0 Å². The minimum atomic E-state index is -0.199. The molecule has 0 atom stereocenters. The molecule has 3 N–H and O–H groups in total. The van der Waals surface area contributed by atoms with E-state index in [4.69, 9.17) is 0 Å². The Labute approximate surface area is 135 Å². The van der Waals surface area contributed by atoms with Crippen LogP contribution >= 0.6 is 0 Å². The van der Waals surface area contributed by atoms with Gasteiger partial charge in [-0.3, -0.25) is 14.7 Å². The first kappa shape index (κ1) is 16.7. The van der Waals surface area contributed by atoms with Crippen LogP contribution in [-0.2, 0) is 6.42 Å². The molecule has 0 saturated heterocycles. The third-order valence-electron chi connectivity index (χ3n) is 3.57. The number of nitrogens with one attached hydrogen (secondary N) is 3. The number of amides is 2. The van der Waals surface area contributed by atoms with Gasteiger partial charge in [-0.2, -0.15) is 5.10 Å². The highest BCUT2D eigenvalue weighted by Crippen LogP contribution is 2.11. The van der Waals surface area contributed by atoms with Crippen molar-refractivity contribution in [3.05, 3.63) is 52.8 Å². The standard InChI is InChI=1S/C17H22N4O2/c1-11(2)14-10-15(21-20-14)17(23)19-8-7-12-5-4-6-13(9-12)16(22)18-3/h4-6,9-11H,7-8H2,1-3H3,(H,18,22)(H,19,23)(H,20,21). The van der Waals surface area contributed by atoms with Gasteiger partial charge in [0, 0.05) is 24.8 Å². The maximum Gasteiger partial charge on any atom is 0.271 e. The molecule has 0 spiro atoms. The number of hydrogen-bond acceptors (Lipinski definition) is 3. The number of benzene rings is 1. The third kappa shape index (κ3) is 4.42. The number of nitrogens with zero attached hydrogens (tertiary/aromatic N) is 1. The zero-order chi connectivity index (χ0) is 16.8. The van der Waals surface area contributed by atoms with Crippen LogP contribution in [0.5, 0.6) is 0 Å². The Kier molecular flexibility index (Phi) is 5.51. The van der Waals surface area contributed by atoms with Crippen molar-refractivity contribution in [1.29, 1.82) is 0 Å². The molecule has 0 saturated carbocycles. The van der Waals surface area contributed by atoms with Crippen LogP contribution in [-0.4, -0.2) is 35.6 Å². The third-order valence-corrected chi connectivity index (χ3v) is 3.57. The minimum Gasteiger partial charge on any atom is -0.355 e. The van der Waals surface area contributed by atoms with Crippen molar-refractivity contribution in [3.63, 3.8) is 0 Å². The molecule has 0 unspecified atom stereocenters. The molecule has 1 aromatic heterocycles. The highest BCUT2D eigenvalue weighted by atomic mass is 16.2. The van der Waals surface area contributed by atoms with Gasteiger partial charge in [-0.1, -0.05) is 26.0 Å². The van der Waals surface area contributed by atoms with Crippen LogP contribution in [0.1, 0.15) is 51.9 Å². The average molecular weight is 314 g/mol. The first-order valence-electron chi connectivity index (χ1n) is 7.65. The molecule has 0 aliphatic rings. The van der Waals surface area contributed by atoms with Gasteiger partial charge in [-0.15, -0.1) is 0 Å². The summed E-state index contributed by atoms with van der Waals surface area (Å²) in [6, 6.07) is 9.13. The highest BCUT2D eigenvalue weighted by molar-refractivity contribution is 5.94. The smallest absolute Gasteiger partial charge is 0.271 e. The second-order valence-corrected chi connectivity index (χ2v) is 5.65. The summed E-state index contributed by atoms with van der Waals surface area (Å²) in [5.41, 5.74) is 2.95. The average Bonchev–Trinajstić information content (AvgIpc) is 3.04. The second-order valence-electron chi connectivity index (χ2n) is 5.65. The van der Waals surface area contributed by atoms with E-state index in [1.807, 2.05) is 32.0 Å². The molecule has 0 aliphatic carbocycles. The minimum absolute atomic E-state index is 0.117. The van der Waals surface area contributed by atoms with Gasteiger partial charge < -0.3 is 10.6 Å². The Balaban J connectivity index is 1.89. The zero-order valence-corrected chi connectivity index (χ0v) is 13.6. The number of carbonyl (C=O) groups excluding carboxylic acids is 2. The molecule has 0 fully saturated rings. The van der Waals surface area contributed by atoms with E-state index in [9.17, 15) is 9.59 Å². The van der Waals surface area contributed by atoms with Crippen LogP contribution in [0.3, 0.4) is 0 Å². The Hall–Kier alpha value is -2.63. The fourth-order valence-electron chi connectivity index (χ4n) is 2.17.